The minimum Gasteiger partial charge on any atom is -0.462 e. The van der Waals surface area contributed by atoms with Gasteiger partial charge >= 0.3 is 5.97 Å². The van der Waals surface area contributed by atoms with E-state index >= 15 is 0 Å². The van der Waals surface area contributed by atoms with Gasteiger partial charge in [0.1, 0.15) is 6.04 Å². The number of pyridine rings is 1. The molecule has 6 heteroatoms. The summed E-state index contributed by atoms with van der Waals surface area (Å²) < 4.78 is 6.60. The van der Waals surface area contributed by atoms with Crippen molar-refractivity contribution in [2.75, 3.05) is 6.61 Å². The molecule has 0 saturated carbocycles. The van der Waals surface area contributed by atoms with Gasteiger partial charge in [0.25, 0.3) is 0 Å². The Bertz CT molecular complexity index is 566. The maximum Gasteiger partial charge on any atom is 0.341 e. The van der Waals surface area contributed by atoms with Gasteiger partial charge in [0, 0.05) is 18.4 Å². The largest absolute Gasteiger partial charge is 0.462 e. The number of carbonyl (C=O) groups excluding carboxylic acids is 1. The van der Waals surface area contributed by atoms with Crippen molar-refractivity contribution in [2.24, 2.45) is 5.73 Å². The standard InChI is InChI=1S/C14H18N4O2/c1-3-20-14(19)11-8-17-18(9-11)13(10(2)15)12-6-4-5-7-16-12/h4-10,13H,3,15H2,1-2H3. The van der Waals surface area contributed by atoms with Crippen LogP contribution in [0, 0.1) is 0 Å². The Morgan fingerprint density at radius 2 is 2.30 bits per heavy atom. The van der Waals surface area contributed by atoms with Crippen LogP contribution in [0.3, 0.4) is 0 Å². The van der Waals surface area contributed by atoms with Crippen molar-refractivity contribution in [3.63, 3.8) is 0 Å². The van der Waals surface area contributed by atoms with Gasteiger partial charge in [0.2, 0.25) is 0 Å². The summed E-state index contributed by atoms with van der Waals surface area (Å²) in [6.45, 7) is 3.98. The molecule has 0 bridgehead atoms. The van der Waals surface area contributed by atoms with Gasteiger partial charge in [-0.05, 0) is 26.0 Å². The molecule has 0 aliphatic carbocycles. The van der Waals surface area contributed by atoms with Gasteiger partial charge < -0.3 is 10.5 Å². The van der Waals surface area contributed by atoms with Crippen LogP contribution in [0.4, 0.5) is 0 Å². The van der Waals surface area contributed by atoms with Crippen molar-refractivity contribution in [1.82, 2.24) is 14.8 Å². The molecule has 20 heavy (non-hydrogen) atoms. The maximum atomic E-state index is 11.7. The number of nitrogens with two attached hydrogens (primary N) is 1. The van der Waals surface area contributed by atoms with Crippen molar-refractivity contribution in [3.8, 4) is 0 Å². The summed E-state index contributed by atoms with van der Waals surface area (Å²) in [7, 11) is 0. The minimum atomic E-state index is -0.386. The molecule has 2 aromatic rings. The lowest BCUT2D eigenvalue weighted by atomic mass is 10.1. The molecule has 2 rings (SSSR count). The first-order chi connectivity index (χ1) is 9.63. The molecule has 0 aliphatic rings. The third-order valence-electron chi connectivity index (χ3n) is 2.89. The van der Waals surface area contributed by atoms with Gasteiger partial charge in [0.05, 0.1) is 24.1 Å². The van der Waals surface area contributed by atoms with E-state index < -0.39 is 0 Å². The van der Waals surface area contributed by atoms with Crippen LogP contribution in [0.15, 0.2) is 36.8 Å². The second-order valence-corrected chi connectivity index (χ2v) is 4.49. The van der Waals surface area contributed by atoms with Crippen LogP contribution in [-0.4, -0.2) is 33.4 Å². The SMILES string of the molecule is CCOC(=O)c1cnn(C(c2ccccn2)C(C)N)c1. The Balaban J connectivity index is 2.30. The van der Waals surface area contributed by atoms with Crippen LogP contribution >= 0.6 is 0 Å². The van der Waals surface area contributed by atoms with Crippen LogP contribution in [0.2, 0.25) is 0 Å². The second-order valence-electron chi connectivity index (χ2n) is 4.49. The lowest BCUT2D eigenvalue weighted by molar-refractivity contribution is 0.0526. The molecule has 2 unspecified atom stereocenters. The molecule has 2 atom stereocenters. The maximum absolute atomic E-state index is 11.7. The van der Waals surface area contributed by atoms with E-state index in [1.165, 1.54) is 6.20 Å². The van der Waals surface area contributed by atoms with E-state index in [9.17, 15) is 4.79 Å². The number of hydrogen-bond donors (Lipinski definition) is 1. The number of ether oxygens (including phenoxy) is 1. The highest BCUT2D eigenvalue weighted by Crippen LogP contribution is 2.19. The third-order valence-corrected chi connectivity index (χ3v) is 2.89. The fourth-order valence-corrected chi connectivity index (χ4v) is 2.01. The zero-order valence-electron chi connectivity index (χ0n) is 11.6. The Hall–Kier alpha value is -2.21. The van der Waals surface area contributed by atoms with E-state index in [0.717, 1.165) is 5.69 Å². The molecule has 0 aromatic carbocycles. The van der Waals surface area contributed by atoms with E-state index in [4.69, 9.17) is 10.5 Å². The molecular weight excluding hydrogens is 256 g/mol. The number of aromatic nitrogens is 3. The molecule has 2 heterocycles. The first-order valence-electron chi connectivity index (χ1n) is 6.51. The average molecular weight is 274 g/mol. The summed E-state index contributed by atoms with van der Waals surface area (Å²) in [5.74, 6) is -0.386. The number of rotatable bonds is 5. The van der Waals surface area contributed by atoms with Crippen LogP contribution in [-0.2, 0) is 4.74 Å². The van der Waals surface area contributed by atoms with Gasteiger partial charge in [-0.1, -0.05) is 6.07 Å². The molecule has 2 aromatic heterocycles. The number of hydrogen-bond acceptors (Lipinski definition) is 5. The molecule has 106 valence electrons. The Morgan fingerprint density at radius 3 is 2.90 bits per heavy atom. The van der Waals surface area contributed by atoms with Gasteiger partial charge in [-0.3, -0.25) is 9.67 Å². The van der Waals surface area contributed by atoms with E-state index in [1.807, 2.05) is 25.1 Å². The second kappa shape index (κ2) is 6.29. The first-order valence-corrected chi connectivity index (χ1v) is 6.51. The van der Waals surface area contributed by atoms with E-state index in [0.29, 0.717) is 12.2 Å². The lowest BCUT2D eigenvalue weighted by Gasteiger charge is -2.20. The Labute approximate surface area is 117 Å². The summed E-state index contributed by atoms with van der Waals surface area (Å²) in [4.78, 5) is 16.0. The zero-order chi connectivity index (χ0) is 14.5. The van der Waals surface area contributed by atoms with Gasteiger partial charge in [-0.2, -0.15) is 5.10 Å². The van der Waals surface area contributed by atoms with Crippen molar-refractivity contribution in [1.29, 1.82) is 0 Å². The summed E-state index contributed by atoms with van der Waals surface area (Å²) in [6, 6.07) is 5.21. The molecule has 0 saturated heterocycles. The number of esters is 1. The average Bonchev–Trinajstić information content (AvgIpc) is 2.89. The molecule has 0 spiro atoms. The van der Waals surface area contributed by atoms with Crippen LogP contribution in [0.1, 0.15) is 35.9 Å². The fourth-order valence-electron chi connectivity index (χ4n) is 2.01. The molecule has 0 radical (unpaired) electrons. The summed E-state index contributed by atoms with van der Waals surface area (Å²) in [6.07, 6.45) is 4.83. The zero-order valence-corrected chi connectivity index (χ0v) is 11.6. The fraction of sp³-hybridized carbons (Fsp3) is 0.357. The van der Waals surface area contributed by atoms with Crippen LogP contribution in [0.25, 0.3) is 0 Å². The summed E-state index contributed by atoms with van der Waals surface area (Å²) in [5.41, 5.74) is 7.24. The quantitative estimate of drug-likeness (QED) is 0.833. The normalized spacial score (nSPS) is 13.8. The topological polar surface area (TPSA) is 83.0 Å². The third kappa shape index (κ3) is 3.03. The highest BCUT2D eigenvalue weighted by molar-refractivity contribution is 5.88. The number of nitrogens with zero attached hydrogens (tertiary/aromatic N) is 3. The molecular formula is C14H18N4O2. The van der Waals surface area contributed by atoms with Crippen LogP contribution < -0.4 is 5.73 Å². The van der Waals surface area contributed by atoms with Crippen molar-refractivity contribution in [2.45, 2.75) is 25.9 Å². The summed E-state index contributed by atoms with van der Waals surface area (Å²) in [5, 5.41) is 4.21. The van der Waals surface area contributed by atoms with Gasteiger partial charge in [-0.25, -0.2) is 4.79 Å². The smallest absolute Gasteiger partial charge is 0.341 e. The first kappa shape index (κ1) is 14.2. The highest BCUT2D eigenvalue weighted by atomic mass is 16.5. The van der Waals surface area contributed by atoms with Gasteiger partial charge in [-0.15, -0.1) is 0 Å². The Morgan fingerprint density at radius 1 is 1.50 bits per heavy atom. The molecule has 0 fully saturated rings. The predicted molar refractivity (Wildman–Crippen MR) is 74.2 cm³/mol. The van der Waals surface area contributed by atoms with E-state index in [2.05, 4.69) is 10.1 Å². The van der Waals surface area contributed by atoms with Crippen molar-refractivity contribution in [3.05, 3.63) is 48.0 Å². The number of carbonyl (C=O) groups is 1. The molecule has 0 amide bonds. The van der Waals surface area contributed by atoms with Crippen molar-refractivity contribution < 1.29 is 9.53 Å². The molecule has 2 N–H and O–H groups in total. The van der Waals surface area contributed by atoms with Crippen molar-refractivity contribution >= 4 is 5.97 Å². The lowest BCUT2D eigenvalue weighted by Crippen LogP contribution is -2.31. The van der Waals surface area contributed by atoms with Crippen LogP contribution in [0.5, 0.6) is 0 Å². The Kier molecular flexibility index (Phi) is 4.47. The monoisotopic (exact) mass is 274 g/mol. The molecule has 6 nitrogen and oxygen atoms in total. The van der Waals surface area contributed by atoms with E-state index in [-0.39, 0.29) is 18.1 Å². The van der Waals surface area contributed by atoms with E-state index in [1.54, 1.807) is 24.0 Å². The van der Waals surface area contributed by atoms with Gasteiger partial charge in [0.15, 0.2) is 0 Å². The predicted octanol–water partition coefficient (Wildman–Crippen LogP) is 1.39. The highest BCUT2D eigenvalue weighted by Gasteiger charge is 2.21. The minimum absolute atomic E-state index is 0.195. The molecule has 0 aliphatic heterocycles. The summed E-state index contributed by atoms with van der Waals surface area (Å²) >= 11 is 0.